The lowest BCUT2D eigenvalue weighted by Gasteiger charge is -2.09. The zero-order chi connectivity index (χ0) is 13.0. The lowest BCUT2D eigenvalue weighted by atomic mass is 10.1. The van der Waals surface area contributed by atoms with Gasteiger partial charge in [-0.15, -0.1) is 11.3 Å². The first-order chi connectivity index (χ1) is 8.66. The summed E-state index contributed by atoms with van der Waals surface area (Å²) in [5.74, 6) is 0.881. The van der Waals surface area contributed by atoms with Gasteiger partial charge in [-0.05, 0) is 31.5 Å². The Labute approximate surface area is 112 Å². The van der Waals surface area contributed by atoms with Crippen molar-refractivity contribution in [2.45, 2.75) is 26.3 Å². The fraction of sp³-hybridized carbons (Fsp3) is 0.357. The Morgan fingerprint density at radius 2 is 2.28 bits per heavy atom. The normalized spacial score (nSPS) is 12.4. The highest BCUT2D eigenvalue weighted by atomic mass is 32.1. The van der Waals surface area contributed by atoms with Gasteiger partial charge in [0.1, 0.15) is 5.75 Å². The van der Waals surface area contributed by atoms with Crippen molar-refractivity contribution in [2.75, 3.05) is 6.61 Å². The summed E-state index contributed by atoms with van der Waals surface area (Å²) >= 11 is 1.68. The van der Waals surface area contributed by atoms with Crippen LogP contribution in [0.3, 0.4) is 0 Å². The molecule has 0 fully saturated rings. The number of aromatic nitrogens is 1. The van der Waals surface area contributed by atoms with E-state index in [-0.39, 0.29) is 6.04 Å². The summed E-state index contributed by atoms with van der Waals surface area (Å²) in [5, 5.41) is 0. The molecular formula is C14H18N2OS. The molecule has 0 spiro atoms. The van der Waals surface area contributed by atoms with Crippen molar-refractivity contribution in [3.63, 3.8) is 0 Å². The van der Waals surface area contributed by atoms with Crippen molar-refractivity contribution >= 4 is 11.3 Å². The largest absolute Gasteiger partial charge is 0.493 e. The van der Waals surface area contributed by atoms with Crippen LogP contribution < -0.4 is 10.5 Å². The summed E-state index contributed by atoms with van der Waals surface area (Å²) in [4.78, 5) is 5.52. The highest BCUT2D eigenvalue weighted by Crippen LogP contribution is 2.18. The van der Waals surface area contributed by atoms with Crippen LogP contribution in [0.2, 0.25) is 0 Å². The molecule has 0 unspecified atom stereocenters. The monoisotopic (exact) mass is 262 g/mol. The first-order valence-corrected chi connectivity index (χ1v) is 6.92. The van der Waals surface area contributed by atoms with Gasteiger partial charge in [-0.2, -0.15) is 0 Å². The number of nitrogens with two attached hydrogens (primary N) is 1. The van der Waals surface area contributed by atoms with Crippen LogP contribution in [-0.2, 0) is 6.42 Å². The van der Waals surface area contributed by atoms with Gasteiger partial charge in [0.05, 0.1) is 17.8 Å². The second kappa shape index (κ2) is 5.98. The minimum atomic E-state index is 0.0392. The summed E-state index contributed by atoms with van der Waals surface area (Å²) in [7, 11) is 0. The smallest absolute Gasteiger partial charge is 0.119 e. The fourth-order valence-electron chi connectivity index (χ4n) is 1.72. The Bertz CT molecular complexity index is 508. The molecule has 0 amide bonds. The molecule has 0 aliphatic heterocycles. The number of hydrogen-bond acceptors (Lipinski definition) is 4. The number of thiazole rings is 1. The van der Waals surface area contributed by atoms with Gasteiger partial charge < -0.3 is 10.5 Å². The Morgan fingerprint density at radius 1 is 1.44 bits per heavy atom. The Kier molecular flexibility index (Phi) is 4.33. The van der Waals surface area contributed by atoms with Crippen LogP contribution in [0.1, 0.15) is 29.1 Å². The average molecular weight is 262 g/mol. The van der Waals surface area contributed by atoms with Crippen molar-refractivity contribution in [3.8, 4) is 5.75 Å². The quantitative estimate of drug-likeness (QED) is 0.900. The number of nitrogens with zero attached hydrogens (tertiary/aromatic N) is 1. The van der Waals surface area contributed by atoms with Crippen LogP contribution >= 0.6 is 11.3 Å². The Morgan fingerprint density at radius 3 is 2.94 bits per heavy atom. The second-order valence-electron chi connectivity index (χ2n) is 4.32. The molecule has 96 valence electrons. The van der Waals surface area contributed by atoms with E-state index in [1.54, 1.807) is 11.3 Å². The third-order valence-electron chi connectivity index (χ3n) is 2.83. The zero-order valence-corrected chi connectivity index (χ0v) is 11.5. The van der Waals surface area contributed by atoms with Crippen molar-refractivity contribution < 1.29 is 4.74 Å². The van der Waals surface area contributed by atoms with Gasteiger partial charge in [-0.1, -0.05) is 12.1 Å². The van der Waals surface area contributed by atoms with E-state index in [1.165, 1.54) is 4.88 Å². The molecule has 0 saturated heterocycles. The van der Waals surface area contributed by atoms with Crippen LogP contribution in [0.4, 0.5) is 0 Å². The van der Waals surface area contributed by atoms with Crippen LogP contribution in [0, 0.1) is 6.92 Å². The van der Waals surface area contributed by atoms with E-state index >= 15 is 0 Å². The van der Waals surface area contributed by atoms with Gasteiger partial charge >= 0.3 is 0 Å². The van der Waals surface area contributed by atoms with Gasteiger partial charge in [0.25, 0.3) is 0 Å². The molecule has 18 heavy (non-hydrogen) atoms. The van der Waals surface area contributed by atoms with E-state index in [9.17, 15) is 0 Å². The molecule has 2 rings (SSSR count). The standard InChI is InChI=1S/C14H18N2OS/c1-10(15)12-4-3-5-13(8-12)17-7-6-14-11(2)16-9-18-14/h3-5,8-10H,6-7,15H2,1-2H3/t10-/m1/s1. The summed E-state index contributed by atoms with van der Waals surface area (Å²) < 4.78 is 5.75. The predicted octanol–water partition coefficient (Wildman–Crippen LogP) is 3.09. The predicted molar refractivity (Wildman–Crippen MR) is 75.1 cm³/mol. The van der Waals surface area contributed by atoms with Crippen molar-refractivity contribution in [2.24, 2.45) is 5.73 Å². The number of aryl methyl sites for hydroxylation is 1. The minimum Gasteiger partial charge on any atom is -0.493 e. The van der Waals surface area contributed by atoms with E-state index < -0.39 is 0 Å². The summed E-state index contributed by atoms with van der Waals surface area (Å²) in [6.45, 7) is 4.67. The fourth-order valence-corrected chi connectivity index (χ4v) is 2.48. The van der Waals surface area contributed by atoms with Gasteiger partial charge in [-0.25, -0.2) is 4.98 Å². The first-order valence-electron chi connectivity index (χ1n) is 6.04. The van der Waals surface area contributed by atoms with E-state index in [1.807, 2.05) is 43.6 Å². The molecule has 4 heteroatoms. The molecule has 0 radical (unpaired) electrons. The van der Waals surface area contributed by atoms with E-state index in [0.29, 0.717) is 6.61 Å². The number of benzene rings is 1. The van der Waals surface area contributed by atoms with Crippen LogP contribution in [0.5, 0.6) is 5.75 Å². The van der Waals surface area contributed by atoms with Gasteiger partial charge in [0, 0.05) is 17.3 Å². The van der Waals surface area contributed by atoms with Crippen molar-refractivity contribution in [3.05, 3.63) is 45.9 Å². The summed E-state index contributed by atoms with van der Waals surface area (Å²) in [5.41, 5.74) is 9.93. The second-order valence-corrected chi connectivity index (χ2v) is 5.26. The van der Waals surface area contributed by atoms with Gasteiger partial charge in [0.15, 0.2) is 0 Å². The number of hydrogen-bond donors (Lipinski definition) is 1. The van der Waals surface area contributed by atoms with E-state index in [2.05, 4.69) is 4.98 Å². The molecule has 0 aliphatic carbocycles. The SMILES string of the molecule is Cc1ncsc1CCOc1cccc([C@@H](C)N)c1. The molecule has 3 nitrogen and oxygen atoms in total. The summed E-state index contributed by atoms with van der Waals surface area (Å²) in [6, 6.07) is 8.00. The average Bonchev–Trinajstić information content (AvgIpc) is 2.76. The Hall–Kier alpha value is -1.39. The lowest BCUT2D eigenvalue weighted by Crippen LogP contribution is -2.06. The molecule has 2 aromatic rings. The highest BCUT2D eigenvalue weighted by molar-refractivity contribution is 7.09. The van der Waals surface area contributed by atoms with Crippen molar-refractivity contribution in [1.29, 1.82) is 0 Å². The molecular weight excluding hydrogens is 244 g/mol. The third kappa shape index (κ3) is 3.31. The molecule has 0 saturated carbocycles. The van der Waals surface area contributed by atoms with Gasteiger partial charge in [-0.3, -0.25) is 0 Å². The molecule has 1 aromatic heterocycles. The van der Waals surface area contributed by atoms with Crippen LogP contribution in [0.15, 0.2) is 29.8 Å². The molecule has 1 aromatic carbocycles. The number of rotatable bonds is 5. The molecule has 0 bridgehead atoms. The topological polar surface area (TPSA) is 48.1 Å². The molecule has 1 heterocycles. The van der Waals surface area contributed by atoms with Crippen LogP contribution in [-0.4, -0.2) is 11.6 Å². The zero-order valence-electron chi connectivity index (χ0n) is 10.7. The first kappa shape index (κ1) is 13.1. The molecule has 0 aliphatic rings. The molecule has 1 atom stereocenters. The highest BCUT2D eigenvalue weighted by Gasteiger charge is 2.03. The maximum absolute atomic E-state index is 5.85. The Balaban J connectivity index is 1.90. The van der Waals surface area contributed by atoms with E-state index in [4.69, 9.17) is 10.5 Å². The number of ether oxygens (including phenoxy) is 1. The summed E-state index contributed by atoms with van der Waals surface area (Å²) in [6.07, 6.45) is 0.902. The van der Waals surface area contributed by atoms with Crippen molar-refractivity contribution in [1.82, 2.24) is 4.98 Å². The van der Waals surface area contributed by atoms with E-state index in [0.717, 1.165) is 23.4 Å². The molecule has 2 N–H and O–H groups in total. The van der Waals surface area contributed by atoms with Gasteiger partial charge in [0.2, 0.25) is 0 Å². The maximum atomic E-state index is 5.85. The maximum Gasteiger partial charge on any atom is 0.119 e. The lowest BCUT2D eigenvalue weighted by molar-refractivity contribution is 0.322. The third-order valence-corrected chi connectivity index (χ3v) is 3.82. The van der Waals surface area contributed by atoms with Crippen LogP contribution in [0.25, 0.3) is 0 Å². The minimum absolute atomic E-state index is 0.0392.